The van der Waals surface area contributed by atoms with Gasteiger partial charge in [-0.25, -0.2) is 0 Å². The zero-order valence-electron chi connectivity index (χ0n) is 15.5. The number of non-ortho nitro benzene ring substituents is 1. The summed E-state index contributed by atoms with van der Waals surface area (Å²) in [6.45, 7) is 1.93. The van der Waals surface area contributed by atoms with Crippen LogP contribution in [0.3, 0.4) is 0 Å². The van der Waals surface area contributed by atoms with Crippen molar-refractivity contribution in [2.45, 2.75) is 13.0 Å². The van der Waals surface area contributed by atoms with Gasteiger partial charge >= 0.3 is 0 Å². The Kier molecular flexibility index (Phi) is 5.44. The molecule has 2 aromatic carbocycles. The van der Waals surface area contributed by atoms with E-state index in [4.69, 9.17) is 4.74 Å². The number of para-hydroxylation sites is 2. The Hall–Kier alpha value is -3.62. The second kappa shape index (κ2) is 7.95. The van der Waals surface area contributed by atoms with E-state index in [2.05, 4.69) is 10.6 Å². The standard InChI is InChI=1S/C19H20N4O5/c1-12-7-8-13(23(26)27)9-14(12)21-18(24)11-22-10-17(19(25)20-2)28-16-6-4-3-5-15(16)22/h3-9,17H,10-11H2,1-2H3,(H,20,25)(H,21,24)/t17-/m0/s1. The zero-order chi connectivity index (χ0) is 20.3. The molecule has 0 bridgehead atoms. The van der Waals surface area contributed by atoms with Crippen molar-refractivity contribution in [1.29, 1.82) is 0 Å². The average Bonchev–Trinajstić information content (AvgIpc) is 2.68. The first-order chi connectivity index (χ1) is 13.4. The lowest BCUT2D eigenvalue weighted by Crippen LogP contribution is -2.50. The highest BCUT2D eigenvalue weighted by atomic mass is 16.6. The van der Waals surface area contributed by atoms with Crippen LogP contribution in [0.4, 0.5) is 17.1 Å². The van der Waals surface area contributed by atoms with Crippen molar-refractivity contribution in [2.24, 2.45) is 0 Å². The fourth-order valence-electron chi connectivity index (χ4n) is 2.98. The highest BCUT2D eigenvalue weighted by Gasteiger charge is 2.31. The molecule has 0 saturated carbocycles. The number of hydrogen-bond donors (Lipinski definition) is 2. The molecule has 3 rings (SSSR count). The number of anilines is 2. The molecule has 1 aliphatic heterocycles. The topological polar surface area (TPSA) is 114 Å². The molecule has 0 fully saturated rings. The minimum absolute atomic E-state index is 0.0317. The van der Waals surface area contributed by atoms with E-state index in [1.807, 2.05) is 6.07 Å². The molecule has 0 aliphatic carbocycles. The number of benzene rings is 2. The molecule has 9 nitrogen and oxygen atoms in total. The quantitative estimate of drug-likeness (QED) is 0.601. The molecule has 28 heavy (non-hydrogen) atoms. The number of nitro benzene ring substituents is 1. The number of nitrogens with zero attached hydrogens (tertiary/aromatic N) is 2. The molecule has 2 N–H and O–H groups in total. The summed E-state index contributed by atoms with van der Waals surface area (Å²) in [6.07, 6.45) is -0.743. The molecule has 0 saturated heterocycles. The summed E-state index contributed by atoms with van der Waals surface area (Å²) in [6, 6.07) is 11.4. The Balaban J connectivity index is 1.78. The first-order valence-corrected chi connectivity index (χ1v) is 8.66. The van der Waals surface area contributed by atoms with E-state index in [1.165, 1.54) is 19.2 Å². The van der Waals surface area contributed by atoms with Gasteiger partial charge in [-0.15, -0.1) is 0 Å². The Morgan fingerprint density at radius 1 is 1.29 bits per heavy atom. The second-order valence-corrected chi connectivity index (χ2v) is 6.37. The maximum Gasteiger partial charge on any atom is 0.271 e. The third-order valence-corrected chi connectivity index (χ3v) is 4.44. The summed E-state index contributed by atoms with van der Waals surface area (Å²) >= 11 is 0. The Morgan fingerprint density at radius 2 is 2.04 bits per heavy atom. The van der Waals surface area contributed by atoms with E-state index in [1.54, 1.807) is 36.1 Å². The lowest BCUT2D eigenvalue weighted by atomic mass is 10.1. The maximum atomic E-state index is 12.6. The predicted octanol–water partition coefficient (Wildman–Crippen LogP) is 1.86. The third-order valence-electron chi connectivity index (χ3n) is 4.44. The van der Waals surface area contributed by atoms with E-state index >= 15 is 0 Å². The highest BCUT2D eigenvalue weighted by molar-refractivity contribution is 5.95. The first kappa shape index (κ1) is 19.2. The zero-order valence-corrected chi connectivity index (χ0v) is 15.5. The maximum absolute atomic E-state index is 12.6. The van der Waals surface area contributed by atoms with Gasteiger partial charge in [0.05, 0.1) is 29.4 Å². The van der Waals surface area contributed by atoms with E-state index < -0.39 is 11.0 Å². The smallest absolute Gasteiger partial charge is 0.271 e. The number of carbonyl (C=O) groups excluding carboxylic acids is 2. The molecule has 2 amide bonds. The van der Waals surface area contributed by atoms with Crippen LogP contribution < -0.4 is 20.3 Å². The van der Waals surface area contributed by atoms with Crippen LogP contribution in [0.25, 0.3) is 0 Å². The Labute approximate surface area is 161 Å². The molecule has 1 heterocycles. The van der Waals surface area contributed by atoms with Crippen LogP contribution in [0, 0.1) is 17.0 Å². The molecule has 1 atom stereocenters. The van der Waals surface area contributed by atoms with Crippen LogP contribution in [0.1, 0.15) is 5.56 Å². The van der Waals surface area contributed by atoms with Crippen LogP contribution >= 0.6 is 0 Å². The van der Waals surface area contributed by atoms with Crippen LogP contribution in [-0.4, -0.2) is 43.0 Å². The van der Waals surface area contributed by atoms with Crippen LogP contribution in [0.2, 0.25) is 0 Å². The number of rotatable bonds is 5. The number of nitro groups is 1. The lowest BCUT2D eigenvalue weighted by molar-refractivity contribution is -0.384. The SMILES string of the molecule is CNC(=O)[C@@H]1CN(CC(=O)Nc2cc([N+](=O)[O-])ccc2C)c2ccccc2O1. The molecule has 0 spiro atoms. The van der Waals surface area contributed by atoms with Gasteiger partial charge in [0.1, 0.15) is 5.75 Å². The number of aryl methyl sites for hydroxylation is 1. The Morgan fingerprint density at radius 3 is 2.75 bits per heavy atom. The molecular weight excluding hydrogens is 364 g/mol. The minimum atomic E-state index is -0.743. The minimum Gasteiger partial charge on any atom is -0.477 e. The summed E-state index contributed by atoms with van der Waals surface area (Å²) in [5, 5.41) is 16.2. The fraction of sp³-hybridized carbons (Fsp3) is 0.263. The van der Waals surface area contributed by atoms with Crippen LogP contribution in [0.15, 0.2) is 42.5 Å². The Bertz CT molecular complexity index is 930. The van der Waals surface area contributed by atoms with Crippen molar-refractivity contribution in [3.8, 4) is 5.75 Å². The van der Waals surface area contributed by atoms with Gasteiger partial charge in [0.15, 0.2) is 6.10 Å². The van der Waals surface area contributed by atoms with Crippen LogP contribution in [0.5, 0.6) is 5.75 Å². The van der Waals surface area contributed by atoms with E-state index in [9.17, 15) is 19.7 Å². The van der Waals surface area contributed by atoms with E-state index in [0.29, 0.717) is 22.7 Å². The second-order valence-electron chi connectivity index (χ2n) is 6.37. The number of fused-ring (bicyclic) bond motifs is 1. The molecule has 0 unspecified atom stereocenters. The molecule has 9 heteroatoms. The van der Waals surface area contributed by atoms with Gasteiger partial charge in [0.25, 0.3) is 11.6 Å². The van der Waals surface area contributed by atoms with Gasteiger partial charge in [-0.05, 0) is 24.6 Å². The molecular formula is C19H20N4O5. The van der Waals surface area contributed by atoms with Crippen molar-refractivity contribution >= 4 is 28.9 Å². The van der Waals surface area contributed by atoms with E-state index in [0.717, 1.165) is 0 Å². The third kappa shape index (κ3) is 4.03. The number of likely N-dealkylation sites (N-methyl/N-ethyl adjacent to an activating group) is 1. The van der Waals surface area contributed by atoms with Crippen molar-refractivity contribution in [3.63, 3.8) is 0 Å². The van der Waals surface area contributed by atoms with E-state index in [-0.39, 0.29) is 30.6 Å². The monoisotopic (exact) mass is 384 g/mol. The van der Waals surface area contributed by atoms with Gasteiger partial charge in [0.2, 0.25) is 5.91 Å². The number of carbonyl (C=O) groups is 2. The van der Waals surface area contributed by atoms with Gasteiger partial charge in [-0.1, -0.05) is 18.2 Å². The highest BCUT2D eigenvalue weighted by Crippen LogP contribution is 2.33. The number of hydrogen-bond acceptors (Lipinski definition) is 6. The summed E-state index contributed by atoms with van der Waals surface area (Å²) in [5.74, 6) is -0.118. The van der Waals surface area contributed by atoms with Crippen molar-refractivity contribution in [3.05, 3.63) is 58.1 Å². The van der Waals surface area contributed by atoms with Crippen molar-refractivity contribution < 1.29 is 19.2 Å². The van der Waals surface area contributed by atoms with Gasteiger partial charge in [-0.3, -0.25) is 19.7 Å². The first-order valence-electron chi connectivity index (χ1n) is 8.66. The molecule has 146 valence electrons. The van der Waals surface area contributed by atoms with Crippen LogP contribution in [-0.2, 0) is 9.59 Å². The molecule has 1 aliphatic rings. The largest absolute Gasteiger partial charge is 0.477 e. The predicted molar refractivity (Wildman–Crippen MR) is 104 cm³/mol. The molecule has 0 aromatic heterocycles. The summed E-state index contributed by atoms with van der Waals surface area (Å²) in [7, 11) is 1.52. The van der Waals surface area contributed by atoms with Gasteiger partial charge in [0, 0.05) is 19.2 Å². The summed E-state index contributed by atoms with van der Waals surface area (Å²) < 4.78 is 5.72. The summed E-state index contributed by atoms with van der Waals surface area (Å²) in [4.78, 5) is 36.8. The normalized spacial score (nSPS) is 15.2. The van der Waals surface area contributed by atoms with Crippen molar-refractivity contribution in [2.75, 3.05) is 30.4 Å². The average molecular weight is 384 g/mol. The van der Waals surface area contributed by atoms with Gasteiger partial charge < -0.3 is 20.3 Å². The van der Waals surface area contributed by atoms with Crippen molar-refractivity contribution in [1.82, 2.24) is 5.32 Å². The number of nitrogens with one attached hydrogen (secondary N) is 2. The number of amides is 2. The van der Waals surface area contributed by atoms with Gasteiger partial charge in [-0.2, -0.15) is 0 Å². The number of ether oxygens (including phenoxy) is 1. The summed E-state index contributed by atoms with van der Waals surface area (Å²) in [5.41, 5.74) is 1.69. The lowest BCUT2D eigenvalue weighted by Gasteiger charge is -2.35. The molecule has 2 aromatic rings. The molecule has 0 radical (unpaired) electrons. The fourth-order valence-corrected chi connectivity index (χ4v) is 2.98.